The maximum atomic E-state index is 12.5. The van der Waals surface area contributed by atoms with Gasteiger partial charge in [0.15, 0.2) is 5.82 Å². The summed E-state index contributed by atoms with van der Waals surface area (Å²) in [6, 6.07) is 19.7. The minimum absolute atomic E-state index is 0.000648. The van der Waals surface area contributed by atoms with Crippen molar-refractivity contribution in [1.29, 1.82) is 0 Å². The lowest BCUT2D eigenvalue weighted by Crippen LogP contribution is -2.38. The minimum atomic E-state index is -0.462. The lowest BCUT2D eigenvalue weighted by Gasteiger charge is -2.31. The Hall–Kier alpha value is -3.81. The maximum absolute atomic E-state index is 12.5. The Bertz CT molecular complexity index is 1010. The van der Waals surface area contributed by atoms with Crippen LogP contribution in [0.4, 0.5) is 17.2 Å². The second-order valence-corrected chi connectivity index (χ2v) is 7.20. The second-order valence-electron chi connectivity index (χ2n) is 7.20. The number of rotatable bonds is 5. The monoisotopic (exact) mass is 403 g/mol. The third-order valence-electron chi connectivity index (χ3n) is 5.26. The Labute approximate surface area is 173 Å². The van der Waals surface area contributed by atoms with Crippen molar-refractivity contribution in [2.75, 3.05) is 23.3 Å². The molecule has 1 amide bonds. The van der Waals surface area contributed by atoms with E-state index in [-0.39, 0.29) is 17.5 Å². The molecule has 1 aliphatic rings. The van der Waals surface area contributed by atoms with E-state index in [1.807, 2.05) is 42.5 Å². The second kappa shape index (κ2) is 8.69. The quantitative estimate of drug-likeness (QED) is 0.512. The van der Waals surface area contributed by atoms with Crippen LogP contribution in [0.1, 0.15) is 12.8 Å². The molecule has 8 nitrogen and oxygen atoms in total. The molecule has 1 fully saturated rings. The fourth-order valence-electron chi connectivity index (χ4n) is 3.54. The van der Waals surface area contributed by atoms with Gasteiger partial charge >= 0.3 is 0 Å². The molecule has 0 spiro atoms. The van der Waals surface area contributed by atoms with Gasteiger partial charge in [-0.2, -0.15) is 0 Å². The van der Waals surface area contributed by atoms with E-state index in [2.05, 4.69) is 20.4 Å². The Morgan fingerprint density at radius 2 is 1.67 bits per heavy atom. The lowest BCUT2D eigenvalue weighted by atomic mass is 9.95. The molecular formula is C22H21N5O3. The highest BCUT2D eigenvalue weighted by Crippen LogP contribution is 2.25. The topological polar surface area (TPSA) is 101 Å². The fraction of sp³-hybridized carbons (Fsp3) is 0.227. The van der Waals surface area contributed by atoms with Gasteiger partial charge in [-0.15, -0.1) is 10.2 Å². The van der Waals surface area contributed by atoms with Gasteiger partial charge in [-0.05, 0) is 37.1 Å². The van der Waals surface area contributed by atoms with Gasteiger partial charge in [0.1, 0.15) is 0 Å². The molecular weight excluding hydrogens is 382 g/mol. The van der Waals surface area contributed by atoms with E-state index in [1.54, 1.807) is 12.1 Å². The zero-order chi connectivity index (χ0) is 20.9. The number of hydrogen-bond donors (Lipinski definition) is 1. The number of carbonyl (C=O) groups is 1. The summed E-state index contributed by atoms with van der Waals surface area (Å²) in [6.45, 7) is 1.44. The predicted octanol–water partition coefficient (Wildman–Crippen LogP) is 3.91. The van der Waals surface area contributed by atoms with Crippen molar-refractivity contribution in [3.63, 3.8) is 0 Å². The molecule has 2 heterocycles. The number of carbonyl (C=O) groups excluding carboxylic acids is 1. The van der Waals surface area contributed by atoms with Crippen LogP contribution in [0, 0.1) is 16.0 Å². The van der Waals surface area contributed by atoms with Gasteiger partial charge in [-0.1, -0.05) is 30.3 Å². The van der Waals surface area contributed by atoms with Gasteiger partial charge < -0.3 is 10.2 Å². The Morgan fingerprint density at radius 1 is 0.967 bits per heavy atom. The summed E-state index contributed by atoms with van der Waals surface area (Å²) in [6.07, 6.45) is 1.42. The Morgan fingerprint density at radius 3 is 2.27 bits per heavy atom. The third-order valence-corrected chi connectivity index (χ3v) is 5.26. The molecule has 1 N–H and O–H groups in total. The number of amides is 1. The highest BCUT2D eigenvalue weighted by Gasteiger charge is 2.26. The van der Waals surface area contributed by atoms with Crippen LogP contribution in [0.15, 0.2) is 66.7 Å². The predicted molar refractivity (Wildman–Crippen MR) is 114 cm³/mol. The molecule has 1 saturated heterocycles. The van der Waals surface area contributed by atoms with Crippen LogP contribution in [0.2, 0.25) is 0 Å². The number of piperidine rings is 1. The SMILES string of the molecule is O=C(Nc1ccc([N+](=O)[O-])cc1)C1CCN(c2ccc(-c3ccccc3)nn2)CC1. The standard InChI is InChI=1S/C22H21N5O3/c28-22(23-18-6-8-19(9-7-18)27(29)30)17-12-14-26(15-13-17)21-11-10-20(24-25-21)16-4-2-1-3-5-16/h1-11,17H,12-15H2,(H,23,28). The van der Waals surface area contributed by atoms with Crippen LogP contribution in [0.3, 0.4) is 0 Å². The van der Waals surface area contributed by atoms with Crippen LogP contribution in [-0.2, 0) is 4.79 Å². The van der Waals surface area contributed by atoms with Gasteiger partial charge in [0, 0.05) is 42.4 Å². The molecule has 0 saturated carbocycles. The van der Waals surface area contributed by atoms with Crippen LogP contribution >= 0.6 is 0 Å². The molecule has 0 bridgehead atoms. The van der Waals surface area contributed by atoms with Gasteiger partial charge in [0.2, 0.25) is 5.91 Å². The van der Waals surface area contributed by atoms with E-state index in [9.17, 15) is 14.9 Å². The first-order valence-corrected chi connectivity index (χ1v) is 9.79. The molecule has 0 aliphatic carbocycles. The number of anilines is 2. The molecule has 30 heavy (non-hydrogen) atoms. The highest BCUT2D eigenvalue weighted by molar-refractivity contribution is 5.92. The lowest BCUT2D eigenvalue weighted by molar-refractivity contribution is -0.384. The summed E-state index contributed by atoms with van der Waals surface area (Å²) in [5, 5.41) is 22.3. The van der Waals surface area contributed by atoms with E-state index in [1.165, 1.54) is 12.1 Å². The number of nitrogens with one attached hydrogen (secondary N) is 1. The summed E-state index contributed by atoms with van der Waals surface area (Å²) >= 11 is 0. The van der Waals surface area contributed by atoms with Crippen LogP contribution in [0.25, 0.3) is 11.3 Å². The van der Waals surface area contributed by atoms with Gasteiger partial charge in [-0.3, -0.25) is 14.9 Å². The van der Waals surface area contributed by atoms with Crippen molar-refractivity contribution in [3.8, 4) is 11.3 Å². The van der Waals surface area contributed by atoms with Gasteiger partial charge in [0.05, 0.1) is 10.6 Å². The van der Waals surface area contributed by atoms with Crippen LogP contribution in [-0.4, -0.2) is 34.1 Å². The molecule has 152 valence electrons. The molecule has 0 radical (unpaired) electrons. The van der Waals surface area contributed by atoms with Crippen LogP contribution in [0.5, 0.6) is 0 Å². The van der Waals surface area contributed by atoms with E-state index in [4.69, 9.17) is 0 Å². The van der Waals surface area contributed by atoms with Crippen molar-refractivity contribution >= 4 is 23.1 Å². The summed E-state index contributed by atoms with van der Waals surface area (Å²) in [5.41, 5.74) is 2.42. The average molecular weight is 403 g/mol. The molecule has 8 heteroatoms. The van der Waals surface area contributed by atoms with Crippen molar-refractivity contribution in [3.05, 3.63) is 76.8 Å². The molecule has 0 unspecified atom stereocenters. The summed E-state index contributed by atoms with van der Waals surface area (Å²) in [4.78, 5) is 24.9. The molecule has 1 aromatic heterocycles. The van der Waals surface area contributed by atoms with E-state index >= 15 is 0 Å². The fourth-order valence-corrected chi connectivity index (χ4v) is 3.54. The van der Waals surface area contributed by atoms with Crippen molar-refractivity contribution in [2.45, 2.75) is 12.8 Å². The van der Waals surface area contributed by atoms with Gasteiger partial charge in [-0.25, -0.2) is 0 Å². The first kappa shape index (κ1) is 19.5. The van der Waals surface area contributed by atoms with Crippen LogP contribution < -0.4 is 10.2 Å². The number of hydrogen-bond acceptors (Lipinski definition) is 6. The zero-order valence-corrected chi connectivity index (χ0v) is 16.3. The molecule has 1 aliphatic heterocycles. The van der Waals surface area contributed by atoms with E-state index in [0.717, 1.165) is 30.2 Å². The Kier molecular flexibility index (Phi) is 5.65. The normalized spacial score (nSPS) is 14.3. The summed E-state index contributed by atoms with van der Waals surface area (Å²) in [7, 11) is 0. The zero-order valence-electron chi connectivity index (χ0n) is 16.3. The van der Waals surface area contributed by atoms with Crippen molar-refractivity contribution in [2.24, 2.45) is 5.92 Å². The van der Waals surface area contributed by atoms with Gasteiger partial charge in [0.25, 0.3) is 5.69 Å². The largest absolute Gasteiger partial charge is 0.355 e. The first-order valence-electron chi connectivity index (χ1n) is 9.79. The number of nitro groups is 1. The van der Waals surface area contributed by atoms with Crippen molar-refractivity contribution in [1.82, 2.24) is 10.2 Å². The maximum Gasteiger partial charge on any atom is 0.269 e. The Balaban J connectivity index is 1.32. The number of non-ortho nitro benzene ring substituents is 1. The molecule has 0 atom stereocenters. The molecule has 3 aromatic rings. The number of aromatic nitrogens is 2. The van der Waals surface area contributed by atoms with Crippen molar-refractivity contribution < 1.29 is 9.72 Å². The number of nitrogens with zero attached hydrogens (tertiary/aromatic N) is 4. The third kappa shape index (κ3) is 4.43. The number of benzene rings is 2. The molecule has 2 aromatic carbocycles. The van der Waals surface area contributed by atoms with E-state index in [0.29, 0.717) is 18.5 Å². The first-order chi connectivity index (χ1) is 14.6. The smallest absolute Gasteiger partial charge is 0.269 e. The highest BCUT2D eigenvalue weighted by atomic mass is 16.6. The number of nitro benzene ring substituents is 1. The summed E-state index contributed by atoms with van der Waals surface area (Å²) in [5.74, 6) is 0.644. The average Bonchev–Trinajstić information content (AvgIpc) is 2.80. The molecule has 4 rings (SSSR count). The van der Waals surface area contributed by atoms with E-state index < -0.39 is 4.92 Å². The summed E-state index contributed by atoms with van der Waals surface area (Å²) < 4.78 is 0. The minimum Gasteiger partial charge on any atom is -0.355 e.